The summed E-state index contributed by atoms with van der Waals surface area (Å²) in [5, 5.41) is 4.37. The second-order valence-corrected chi connectivity index (χ2v) is 8.01. The minimum atomic E-state index is -0.0500. The molecule has 0 saturated heterocycles. The molecule has 3 rings (SSSR count). The Bertz CT molecular complexity index is 758. The third-order valence-corrected chi connectivity index (χ3v) is 6.29. The largest absolute Gasteiger partial charge is 0.497 e. The van der Waals surface area contributed by atoms with Gasteiger partial charge in [0.2, 0.25) is 5.91 Å². The van der Waals surface area contributed by atoms with Crippen LogP contribution in [-0.4, -0.2) is 35.6 Å². The first-order valence-corrected chi connectivity index (χ1v) is 9.86. The highest BCUT2D eigenvalue weighted by Gasteiger charge is 2.20. The third kappa shape index (κ3) is 5.03. The van der Waals surface area contributed by atoms with Crippen molar-refractivity contribution in [2.45, 2.75) is 17.1 Å². The number of benzene rings is 2. The van der Waals surface area contributed by atoms with E-state index in [1.807, 2.05) is 59.9 Å². The molecule has 2 aromatic rings. The van der Waals surface area contributed by atoms with E-state index in [-0.39, 0.29) is 5.91 Å². The number of hydrogen-bond donors (Lipinski definition) is 1. The molecule has 6 heteroatoms. The highest BCUT2D eigenvalue weighted by molar-refractivity contribution is 8.16. The fourth-order valence-corrected chi connectivity index (χ4v) is 4.60. The van der Waals surface area contributed by atoms with E-state index in [9.17, 15) is 4.79 Å². The Kier molecular flexibility index (Phi) is 6.04. The van der Waals surface area contributed by atoms with Crippen LogP contribution in [0.5, 0.6) is 5.75 Å². The second kappa shape index (κ2) is 8.45. The average Bonchev–Trinajstić information content (AvgIpc) is 3.10. The summed E-state index contributed by atoms with van der Waals surface area (Å²) >= 11 is 3.66. The summed E-state index contributed by atoms with van der Waals surface area (Å²) in [6.07, 6.45) is 0. The van der Waals surface area contributed by atoms with Crippen molar-refractivity contribution in [3.63, 3.8) is 0 Å². The van der Waals surface area contributed by atoms with Gasteiger partial charge >= 0.3 is 0 Å². The summed E-state index contributed by atoms with van der Waals surface area (Å²) in [4.78, 5) is 16.9. The van der Waals surface area contributed by atoms with E-state index in [2.05, 4.69) is 22.4 Å². The Hall–Kier alpha value is -1.92. The van der Waals surface area contributed by atoms with E-state index in [0.717, 1.165) is 34.3 Å². The number of methoxy groups -OCH3 is 1. The summed E-state index contributed by atoms with van der Waals surface area (Å²) in [6.45, 7) is 2.36. The molecule has 0 aliphatic carbocycles. The van der Waals surface area contributed by atoms with E-state index in [4.69, 9.17) is 4.74 Å². The topological polar surface area (TPSA) is 50.7 Å². The lowest BCUT2D eigenvalue weighted by atomic mass is 10.2. The molecule has 0 fully saturated rings. The van der Waals surface area contributed by atoms with Crippen LogP contribution in [0.4, 0.5) is 5.69 Å². The molecule has 25 heavy (non-hydrogen) atoms. The van der Waals surface area contributed by atoms with E-state index < -0.39 is 0 Å². The minimum absolute atomic E-state index is 0.0500. The Morgan fingerprint density at radius 1 is 1.24 bits per heavy atom. The smallest absolute Gasteiger partial charge is 0.221 e. The molecule has 1 aliphatic heterocycles. The molecule has 0 spiro atoms. The summed E-state index contributed by atoms with van der Waals surface area (Å²) in [7, 11) is 1.67. The summed E-state index contributed by atoms with van der Waals surface area (Å²) in [5.41, 5.74) is 1.98. The maximum absolute atomic E-state index is 11.0. The molecule has 1 atom stereocenters. The highest BCUT2D eigenvalue weighted by Crippen LogP contribution is 2.31. The number of anilines is 1. The Morgan fingerprint density at radius 2 is 1.96 bits per heavy atom. The van der Waals surface area contributed by atoms with Crippen molar-refractivity contribution in [1.82, 2.24) is 0 Å². The van der Waals surface area contributed by atoms with Crippen LogP contribution in [-0.2, 0) is 4.79 Å². The quantitative estimate of drug-likeness (QED) is 0.768. The number of hydrogen-bond acceptors (Lipinski definition) is 5. The van der Waals surface area contributed by atoms with Crippen LogP contribution < -0.4 is 10.1 Å². The van der Waals surface area contributed by atoms with Gasteiger partial charge in [-0.2, -0.15) is 0 Å². The lowest BCUT2D eigenvalue weighted by Crippen LogP contribution is -2.07. The molecule has 1 heterocycles. The maximum atomic E-state index is 11.0. The molecular formula is C19H20N2O2S2. The number of nitrogens with one attached hydrogen (secondary N) is 1. The summed E-state index contributed by atoms with van der Waals surface area (Å²) in [5.74, 6) is 1.82. The number of thioether (sulfide) groups is 2. The lowest BCUT2D eigenvalue weighted by molar-refractivity contribution is -0.114. The van der Waals surface area contributed by atoms with Gasteiger partial charge in [-0.15, -0.1) is 23.5 Å². The number of carbonyl (C=O) groups excluding carboxylic acids is 1. The van der Waals surface area contributed by atoms with Crippen LogP contribution >= 0.6 is 23.5 Å². The van der Waals surface area contributed by atoms with Gasteiger partial charge in [0, 0.05) is 34.1 Å². The third-order valence-electron chi connectivity index (χ3n) is 3.66. The van der Waals surface area contributed by atoms with E-state index in [0.29, 0.717) is 5.25 Å². The zero-order valence-corrected chi connectivity index (χ0v) is 15.8. The van der Waals surface area contributed by atoms with Crippen molar-refractivity contribution in [1.29, 1.82) is 0 Å². The zero-order chi connectivity index (χ0) is 17.6. The first kappa shape index (κ1) is 17.9. The molecule has 0 saturated carbocycles. The van der Waals surface area contributed by atoms with Gasteiger partial charge in [-0.05, 0) is 48.5 Å². The minimum Gasteiger partial charge on any atom is -0.497 e. The van der Waals surface area contributed by atoms with Gasteiger partial charge in [0.15, 0.2) is 0 Å². The van der Waals surface area contributed by atoms with Gasteiger partial charge in [-0.1, -0.05) is 0 Å². The monoisotopic (exact) mass is 372 g/mol. The van der Waals surface area contributed by atoms with Crippen molar-refractivity contribution >= 4 is 40.2 Å². The van der Waals surface area contributed by atoms with Crippen LogP contribution in [0.25, 0.3) is 0 Å². The predicted molar refractivity (Wildman–Crippen MR) is 107 cm³/mol. The molecule has 1 unspecified atom stereocenters. The fraction of sp³-hybridized carbons (Fsp3) is 0.263. The summed E-state index contributed by atoms with van der Waals surface area (Å²) < 4.78 is 5.20. The number of rotatable bonds is 6. The molecule has 1 aliphatic rings. The zero-order valence-electron chi connectivity index (χ0n) is 14.2. The molecule has 1 amide bonds. The van der Waals surface area contributed by atoms with Gasteiger partial charge in [0.25, 0.3) is 0 Å². The van der Waals surface area contributed by atoms with Crippen molar-refractivity contribution in [3.05, 3.63) is 54.1 Å². The number of ether oxygens (including phenoxy) is 1. The van der Waals surface area contributed by atoms with E-state index >= 15 is 0 Å². The van der Waals surface area contributed by atoms with Crippen molar-refractivity contribution < 1.29 is 9.53 Å². The fourth-order valence-electron chi connectivity index (χ4n) is 2.42. The molecule has 2 aromatic carbocycles. The maximum Gasteiger partial charge on any atom is 0.221 e. The van der Waals surface area contributed by atoms with E-state index in [1.54, 1.807) is 7.11 Å². The van der Waals surface area contributed by atoms with Gasteiger partial charge in [0.05, 0.1) is 18.7 Å². The van der Waals surface area contributed by atoms with Gasteiger partial charge in [0.1, 0.15) is 5.75 Å². The normalized spacial score (nSPS) is 16.4. The molecule has 4 nitrogen and oxygen atoms in total. The van der Waals surface area contributed by atoms with Crippen LogP contribution in [0.3, 0.4) is 0 Å². The van der Waals surface area contributed by atoms with Gasteiger partial charge in [-0.3, -0.25) is 9.79 Å². The van der Waals surface area contributed by atoms with Crippen LogP contribution in [0.2, 0.25) is 0 Å². The van der Waals surface area contributed by atoms with Crippen LogP contribution in [0.1, 0.15) is 12.5 Å². The number of nitrogens with zero attached hydrogens (tertiary/aromatic N) is 1. The standard InChI is InChI=1S/C19H20N2O2S2/c1-13(22)21-15-5-9-17(10-6-15)24-12-18-11-20-19(25-18)14-3-7-16(23-2)8-4-14/h3-10,18H,11-12H2,1-2H3,(H,21,22). The number of carbonyl (C=O) groups is 1. The van der Waals surface area contributed by atoms with Crippen molar-refractivity contribution in [2.75, 3.05) is 24.7 Å². The average molecular weight is 373 g/mol. The Balaban J connectivity index is 1.49. The lowest BCUT2D eigenvalue weighted by Gasteiger charge is -2.09. The van der Waals surface area contributed by atoms with Gasteiger partial charge < -0.3 is 10.1 Å². The number of aliphatic imine (C=N–C) groups is 1. The van der Waals surface area contributed by atoms with Crippen LogP contribution in [0.15, 0.2) is 58.4 Å². The molecule has 130 valence electrons. The van der Waals surface area contributed by atoms with Gasteiger partial charge in [-0.25, -0.2) is 0 Å². The Labute approximate surface area is 156 Å². The molecule has 0 bridgehead atoms. The first-order valence-electron chi connectivity index (χ1n) is 8.00. The molecule has 0 aromatic heterocycles. The molecule has 0 radical (unpaired) electrons. The first-order chi connectivity index (χ1) is 12.1. The SMILES string of the molecule is COc1ccc(C2=NCC(CSc3ccc(NC(C)=O)cc3)S2)cc1. The second-order valence-electron chi connectivity index (χ2n) is 5.63. The summed E-state index contributed by atoms with van der Waals surface area (Å²) in [6, 6.07) is 16.0. The van der Waals surface area contributed by atoms with Crippen molar-refractivity contribution in [2.24, 2.45) is 4.99 Å². The Morgan fingerprint density at radius 3 is 2.60 bits per heavy atom. The molecule has 1 N–H and O–H groups in total. The van der Waals surface area contributed by atoms with Crippen molar-refractivity contribution in [3.8, 4) is 5.75 Å². The van der Waals surface area contributed by atoms with E-state index in [1.165, 1.54) is 11.8 Å². The number of amides is 1. The highest BCUT2D eigenvalue weighted by atomic mass is 32.2. The molecular weight excluding hydrogens is 352 g/mol. The predicted octanol–water partition coefficient (Wildman–Crippen LogP) is 4.31. The van der Waals surface area contributed by atoms with Crippen LogP contribution in [0, 0.1) is 0 Å².